The normalized spacial score (nSPS) is 12.4. The molecule has 0 radical (unpaired) electrons. The number of benzene rings is 1. The first kappa shape index (κ1) is 14.4. The van der Waals surface area contributed by atoms with E-state index in [1.54, 1.807) is 7.11 Å². The molecule has 0 amide bonds. The van der Waals surface area contributed by atoms with Crippen molar-refractivity contribution in [1.82, 2.24) is 0 Å². The van der Waals surface area contributed by atoms with Crippen molar-refractivity contribution < 1.29 is 4.74 Å². The fourth-order valence-corrected chi connectivity index (χ4v) is 2.74. The van der Waals surface area contributed by atoms with E-state index >= 15 is 0 Å². The topological polar surface area (TPSA) is 35.2 Å². The molecule has 2 N–H and O–H groups in total. The molecule has 1 rings (SSSR count). The molecule has 2 nitrogen and oxygen atoms in total. The number of unbranched alkanes of at least 4 members (excludes halogenated alkanes) is 2. The average Bonchev–Trinajstić information content (AvgIpc) is 2.38. The van der Waals surface area contributed by atoms with E-state index in [4.69, 9.17) is 10.5 Å². The fourth-order valence-electron chi connectivity index (χ4n) is 1.73. The van der Waals surface area contributed by atoms with E-state index in [0.717, 1.165) is 17.1 Å². The van der Waals surface area contributed by atoms with Crippen molar-refractivity contribution in [2.45, 2.75) is 32.2 Å². The van der Waals surface area contributed by atoms with Crippen LogP contribution in [0.2, 0.25) is 0 Å². The summed E-state index contributed by atoms with van der Waals surface area (Å²) in [5, 5.41) is 0. The van der Waals surface area contributed by atoms with Crippen LogP contribution in [-0.4, -0.2) is 18.6 Å². The summed E-state index contributed by atoms with van der Waals surface area (Å²) in [4.78, 5) is 0. The highest BCUT2D eigenvalue weighted by molar-refractivity contribution is 7.99. The Bertz CT molecular complexity index is 317. The first-order chi connectivity index (χ1) is 8.29. The minimum absolute atomic E-state index is 0.0674. The van der Waals surface area contributed by atoms with E-state index in [9.17, 15) is 0 Å². The lowest BCUT2D eigenvalue weighted by atomic mass is 10.1. The Hall–Kier alpha value is -0.670. The predicted octanol–water partition coefficient (Wildman–Crippen LogP) is 3.62. The third-order valence-corrected chi connectivity index (χ3v) is 3.90. The summed E-state index contributed by atoms with van der Waals surface area (Å²) in [5.74, 6) is 3.06. The van der Waals surface area contributed by atoms with Crippen molar-refractivity contribution >= 4 is 11.8 Å². The number of para-hydroxylation sites is 1. The van der Waals surface area contributed by atoms with Gasteiger partial charge in [-0.25, -0.2) is 0 Å². The van der Waals surface area contributed by atoms with Crippen molar-refractivity contribution in [1.29, 1.82) is 0 Å². The van der Waals surface area contributed by atoms with E-state index in [2.05, 4.69) is 13.0 Å². The highest BCUT2D eigenvalue weighted by atomic mass is 32.2. The van der Waals surface area contributed by atoms with Gasteiger partial charge in [0, 0.05) is 17.4 Å². The second-order valence-electron chi connectivity index (χ2n) is 4.13. The smallest absolute Gasteiger partial charge is 0.123 e. The maximum absolute atomic E-state index is 6.19. The van der Waals surface area contributed by atoms with Gasteiger partial charge in [0.2, 0.25) is 0 Å². The van der Waals surface area contributed by atoms with E-state index in [-0.39, 0.29) is 6.04 Å². The minimum atomic E-state index is 0.0674. The molecule has 96 valence electrons. The number of hydrogen-bond acceptors (Lipinski definition) is 3. The zero-order chi connectivity index (χ0) is 12.5. The summed E-state index contributed by atoms with van der Waals surface area (Å²) >= 11 is 1.93. The molecular weight excluding hydrogens is 230 g/mol. The molecule has 0 saturated carbocycles. The van der Waals surface area contributed by atoms with Crippen LogP contribution in [0.25, 0.3) is 0 Å². The van der Waals surface area contributed by atoms with E-state index < -0.39 is 0 Å². The maximum atomic E-state index is 6.19. The van der Waals surface area contributed by atoms with Crippen LogP contribution in [-0.2, 0) is 0 Å². The number of rotatable bonds is 8. The predicted molar refractivity (Wildman–Crippen MR) is 76.8 cm³/mol. The number of methoxy groups -OCH3 is 1. The SMILES string of the molecule is CCCCCSCC(N)c1ccccc1OC. The third-order valence-electron chi connectivity index (χ3n) is 2.73. The minimum Gasteiger partial charge on any atom is -0.496 e. The number of nitrogens with two attached hydrogens (primary N) is 1. The summed E-state index contributed by atoms with van der Waals surface area (Å²) in [5.41, 5.74) is 7.29. The molecule has 0 aliphatic carbocycles. The van der Waals surface area contributed by atoms with Gasteiger partial charge in [-0.15, -0.1) is 0 Å². The van der Waals surface area contributed by atoms with E-state index in [1.165, 1.54) is 25.0 Å². The number of hydrogen-bond donors (Lipinski definition) is 1. The molecule has 3 heteroatoms. The molecular formula is C14H23NOS. The van der Waals surface area contributed by atoms with Crippen LogP contribution in [0.1, 0.15) is 37.8 Å². The van der Waals surface area contributed by atoms with Gasteiger partial charge in [0.25, 0.3) is 0 Å². The van der Waals surface area contributed by atoms with E-state index in [0.29, 0.717) is 0 Å². The van der Waals surface area contributed by atoms with Gasteiger partial charge in [0.1, 0.15) is 5.75 Å². The van der Waals surface area contributed by atoms with Crippen molar-refractivity contribution in [2.24, 2.45) is 5.73 Å². The molecule has 1 unspecified atom stereocenters. The molecule has 1 atom stereocenters. The second kappa shape index (κ2) is 8.43. The Labute approximate surface area is 109 Å². The molecule has 0 aliphatic heterocycles. The number of thioether (sulfide) groups is 1. The highest BCUT2D eigenvalue weighted by Gasteiger charge is 2.10. The molecule has 0 saturated heterocycles. The standard InChI is InChI=1S/C14H23NOS/c1-3-4-7-10-17-11-13(15)12-8-5-6-9-14(12)16-2/h5-6,8-9,13H,3-4,7,10-11,15H2,1-2H3. The third kappa shape index (κ3) is 5.00. The zero-order valence-electron chi connectivity index (χ0n) is 10.8. The van der Waals surface area contributed by atoms with Gasteiger partial charge < -0.3 is 10.5 Å². The van der Waals surface area contributed by atoms with E-state index in [1.807, 2.05) is 30.0 Å². The first-order valence-corrected chi connectivity index (χ1v) is 7.41. The van der Waals surface area contributed by atoms with Crippen molar-refractivity contribution in [2.75, 3.05) is 18.6 Å². The maximum Gasteiger partial charge on any atom is 0.123 e. The van der Waals surface area contributed by atoms with Crippen LogP contribution in [0.3, 0.4) is 0 Å². The lowest BCUT2D eigenvalue weighted by molar-refractivity contribution is 0.407. The highest BCUT2D eigenvalue weighted by Crippen LogP contribution is 2.25. The van der Waals surface area contributed by atoms with Crippen LogP contribution in [0.4, 0.5) is 0 Å². The molecule has 0 bridgehead atoms. The second-order valence-corrected chi connectivity index (χ2v) is 5.28. The Morgan fingerprint density at radius 3 is 2.76 bits per heavy atom. The number of ether oxygens (including phenoxy) is 1. The molecule has 0 fully saturated rings. The van der Waals surface area contributed by atoms with Crippen LogP contribution in [0.5, 0.6) is 5.75 Å². The van der Waals surface area contributed by atoms with Crippen LogP contribution in [0.15, 0.2) is 24.3 Å². The summed E-state index contributed by atoms with van der Waals surface area (Å²) in [6.45, 7) is 2.23. The van der Waals surface area contributed by atoms with Crippen molar-refractivity contribution in [3.63, 3.8) is 0 Å². The molecule has 17 heavy (non-hydrogen) atoms. The van der Waals surface area contributed by atoms with Crippen molar-refractivity contribution in [3.05, 3.63) is 29.8 Å². The molecule has 0 aliphatic rings. The zero-order valence-corrected chi connectivity index (χ0v) is 11.6. The van der Waals surface area contributed by atoms with Crippen LogP contribution in [0, 0.1) is 0 Å². The molecule has 0 heterocycles. The summed E-state index contributed by atoms with van der Waals surface area (Å²) < 4.78 is 5.32. The van der Waals surface area contributed by atoms with Gasteiger partial charge in [-0.3, -0.25) is 0 Å². The Kier molecular flexibility index (Phi) is 7.13. The van der Waals surface area contributed by atoms with Crippen LogP contribution >= 0.6 is 11.8 Å². The van der Waals surface area contributed by atoms with Crippen LogP contribution < -0.4 is 10.5 Å². The fraction of sp³-hybridized carbons (Fsp3) is 0.571. The Morgan fingerprint density at radius 2 is 2.06 bits per heavy atom. The Balaban J connectivity index is 2.38. The Morgan fingerprint density at radius 1 is 1.29 bits per heavy atom. The molecule has 1 aromatic carbocycles. The first-order valence-electron chi connectivity index (χ1n) is 6.25. The molecule has 0 aromatic heterocycles. The quantitative estimate of drug-likeness (QED) is 0.719. The molecule has 1 aromatic rings. The van der Waals surface area contributed by atoms with Crippen molar-refractivity contribution in [3.8, 4) is 5.75 Å². The van der Waals surface area contributed by atoms with Gasteiger partial charge in [0.05, 0.1) is 7.11 Å². The van der Waals surface area contributed by atoms with Gasteiger partial charge in [-0.05, 0) is 18.2 Å². The van der Waals surface area contributed by atoms with Gasteiger partial charge in [-0.1, -0.05) is 38.0 Å². The summed E-state index contributed by atoms with van der Waals surface area (Å²) in [7, 11) is 1.69. The van der Waals surface area contributed by atoms with Gasteiger partial charge in [0.15, 0.2) is 0 Å². The average molecular weight is 253 g/mol. The largest absolute Gasteiger partial charge is 0.496 e. The summed E-state index contributed by atoms with van der Waals surface area (Å²) in [6, 6.07) is 8.08. The monoisotopic (exact) mass is 253 g/mol. The summed E-state index contributed by atoms with van der Waals surface area (Å²) in [6.07, 6.45) is 3.88. The lowest BCUT2D eigenvalue weighted by Crippen LogP contribution is -2.14. The van der Waals surface area contributed by atoms with Gasteiger partial charge in [-0.2, -0.15) is 11.8 Å². The lowest BCUT2D eigenvalue weighted by Gasteiger charge is -2.15. The van der Waals surface area contributed by atoms with Gasteiger partial charge >= 0.3 is 0 Å². The molecule has 0 spiro atoms.